The fourth-order valence-corrected chi connectivity index (χ4v) is 9.74. The average molecular weight is 1130 g/mol. The Morgan fingerprint density at radius 2 is 1.12 bits per heavy atom. The van der Waals surface area contributed by atoms with Crippen molar-refractivity contribution in [3.05, 3.63) is 111 Å². The molecule has 1 aromatic heterocycles. The standard InChI is InChI=1S/C26H30ClF3N6O.C15H19F3N2O2.C12H14ClN3.ClH.Li/c27-25-19(18-31)3-8-23(33-25)32-21-9-12-36(13-10-21)24(37)2-1-11-34-14-16-35(17-15-34)22-6-4-20(5-7-22)26(28,29)30;16-15(17,18)12-3-5-13(6-4-12)20-10-8-19(9-11-20)7-1-2-14(21)22;13-12-7-11(2-1-9(12)8-14)16-10-3-5-15-6-4-10;;/h3-8,21H,1-2,9-17H2,(H,32,33);3-6H,1-2,7-11H2,(H,21,22);1-2,7,10,15-16H,3-6H2;1H;/q;;;;+1/p-1. The number of hydrogen-bond acceptors (Lipinski definition) is 12. The van der Waals surface area contributed by atoms with Crippen LogP contribution in [0, 0.1) is 22.7 Å². The minimum Gasteiger partial charge on any atom is -1.00 e. The van der Waals surface area contributed by atoms with Crippen molar-refractivity contribution in [2.24, 2.45) is 0 Å². The molecule has 4 aliphatic rings. The van der Waals surface area contributed by atoms with Gasteiger partial charge in [-0.3, -0.25) is 14.6 Å². The Hall–Kier alpha value is -5.14. The quantitative estimate of drug-likeness (QED) is 0.0942. The van der Waals surface area contributed by atoms with E-state index < -0.39 is 29.4 Å². The number of carboxylic acids is 1. The third-order valence-electron chi connectivity index (χ3n) is 13.7. The molecule has 1 amide bonds. The minimum atomic E-state index is -4.32. The van der Waals surface area contributed by atoms with Gasteiger partial charge in [0.25, 0.3) is 0 Å². The molecule has 0 radical (unpaired) electrons. The summed E-state index contributed by atoms with van der Waals surface area (Å²) >= 11 is 12.0. The van der Waals surface area contributed by atoms with Crippen molar-refractivity contribution in [1.29, 1.82) is 10.5 Å². The summed E-state index contributed by atoms with van der Waals surface area (Å²) in [5, 5.41) is 37.9. The molecule has 0 bridgehead atoms. The second kappa shape index (κ2) is 31.4. The van der Waals surface area contributed by atoms with Crippen molar-refractivity contribution in [2.45, 2.75) is 75.8 Å². The molecular weight excluding hydrogens is 1070 g/mol. The zero-order chi connectivity index (χ0) is 54.0. The van der Waals surface area contributed by atoms with E-state index in [9.17, 15) is 41.0 Å². The van der Waals surface area contributed by atoms with Gasteiger partial charge in [0, 0.05) is 120 Å². The van der Waals surface area contributed by atoms with Gasteiger partial charge in [-0.05, 0) is 124 Å². The van der Waals surface area contributed by atoms with Crippen molar-refractivity contribution in [3.63, 3.8) is 0 Å². The first-order chi connectivity index (χ1) is 35.9. The summed E-state index contributed by atoms with van der Waals surface area (Å²) < 4.78 is 75.9. The van der Waals surface area contributed by atoms with Gasteiger partial charge in [0.15, 0.2) is 0 Å². The van der Waals surface area contributed by atoms with E-state index in [2.05, 4.69) is 41.7 Å². The molecule has 0 spiro atoms. The number of quaternary nitrogens is 1. The molecule has 0 aliphatic carbocycles. The number of piperazine rings is 2. The number of amides is 1. The number of anilines is 4. The monoisotopic (exact) mass is 1130 g/mol. The summed E-state index contributed by atoms with van der Waals surface area (Å²) in [6, 6.07) is 24.2. The predicted octanol–water partition coefficient (Wildman–Crippen LogP) is 1.35. The summed E-state index contributed by atoms with van der Waals surface area (Å²) in [6.07, 6.45) is -2.74. The van der Waals surface area contributed by atoms with E-state index in [1.165, 1.54) is 50.2 Å². The zero-order valence-electron chi connectivity index (χ0n) is 43.0. The van der Waals surface area contributed by atoms with Gasteiger partial charge in [-0.15, -0.1) is 0 Å². The van der Waals surface area contributed by atoms with Gasteiger partial charge in [0.05, 0.1) is 40.4 Å². The van der Waals surface area contributed by atoms with Crippen LogP contribution in [-0.2, 0) is 21.9 Å². The van der Waals surface area contributed by atoms with Crippen LogP contribution in [0.25, 0.3) is 0 Å². The van der Waals surface area contributed by atoms with E-state index >= 15 is 0 Å². The van der Waals surface area contributed by atoms with Gasteiger partial charge in [0.2, 0.25) is 5.91 Å². The second-order valence-corrected chi connectivity index (χ2v) is 19.6. The van der Waals surface area contributed by atoms with Crippen molar-refractivity contribution in [1.82, 2.24) is 19.7 Å². The van der Waals surface area contributed by atoms with Gasteiger partial charge in [-0.1, -0.05) is 23.2 Å². The molecule has 4 aliphatic heterocycles. The molecule has 3 aromatic carbocycles. The third kappa shape index (κ3) is 20.9. The molecule has 0 atom stereocenters. The van der Waals surface area contributed by atoms with E-state index in [0.717, 1.165) is 119 Å². The van der Waals surface area contributed by atoms with Crippen LogP contribution in [0.2, 0.25) is 10.2 Å². The van der Waals surface area contributed by atoms with E-state index in [1.807, 2.05) is 28.0 Å². The summed E-state index contributed by atoms with van der Waals surface area (Å²) in [7, 11) is 0. The number of nitrogens with two attached hydrogens (primary N) is 1. The van der Waals surface area contributed by atoms with Crippen LogP contribution in [-0.4, -0.2) is 135 Å². The van der Waals surface area contributed by atoms with Gasteiger partial charge < -0.3 is 53.0 Å². The smallest absolute Gasteiger partial charge is 1.00 e. The molecule has 77 heavy (non-hydrogen) atoms. The number of aliphatic carboxylic acids is 1. The van der Waals surface area contributed by atoms with Crippen molar-refractivity contribution in [3.8, 4) is 12.1 Å². The number of alkyl halides is 6. The number of nitrogens with one attached hydrogen (secondary N) is 2. The van der Waals surface area contributed by atoms with Gasteiger partial charge in [-0.25, -0.2) is 4.98 Å². The number of halogens is 9. The Morgan fingerprint density at radius 1 is 0.649 bits per heavy atom. The van der Waals surface area contributed by atoms with Crippen molar-refractivity contribution < 1.29 is 77.6 Å². The maximum atomic E-state index is 12.8. The number of carboxylic acid groups (broad SMARTS) is 1. The molecular formula is C53H63Cl3F6LiN11O3. The minimum absolute atomic E-state index is 0. The van der Waals surface area contributed by atoms with Crippen LogP contribution in [0.1, 0.15) is 73.6 Å². The van der Waals surface area contributed by atoms with Crippen LogP contribution in [0.15, 0.2) is 78.9 Å². The Labute approximate surface area is 474 Å². The summed E-state index contributed by atoms with van der Waals surface area (Å²) in [6.45, 7) is 11.4. The number of nitriles is 2. The summed E-state index contributed by atoms with van der Waals surface area (Å²) in [4.78, 5) is 37.8. The molecule has 4 saturated heterocycles. The Kier molecular flexibility index (Phi) is 26.3. The molecule has 4 N–H and O–H groups in total. The fourth-order valence-electron chi connectivity index (χ4n) is 9.32. The number of hydrogen-bond donors (Lipinski definition) is 3. The Balaban J connectivity index is 0.000000271. The molecule has 14 nitrogen and oxygen atoms in total. The van der Waals surface area contributed by atoms with E-state index in [4.69, 9.17) is 33.7 Å². The summed E-state index contributed by atoms with van der Waals surface area (Å²) in [5.41, 5.74) is 2.19. The molecule has 4 fully saturated rings. The van der Waals surface area contributed by atoms with Crippen molar-refractivity contribution in [2.75, 3.05) is 112 Å². The molecule has 24 heteroatoms. The van der Waals surface area contributed by atoms with Gasteiger partial charge >= 0.3 is 31.2 Å². The number of carbonyl (C=O) groups is 2. The first-order valence-corrected chi connectivity index (χ1v) is 26.0. The average Bonchev–Trinajstić information content (AvgIpc) is 3.39. The Morgan fingerprint density at radius 3 is 1.56 bits per heavy atom. The fraction of sp³-hybridized carbons (Fsp3) is 0.491. The zero-order valence-corrected chi connectivity index (χ0v) is 45.3. The topological polar surface area (TPSA) is 175 Å². The van der Waals surface area contributed by atoms with Crippen LogP contribution in [0.5, 0.6) is 0 Å². The number of pyridine rings is 1. The number of nitrogens with zero attached hydrogens (tertiary/aromatic N) is 8. The van der Waals surface area contributed by atoms with E-state index in [0.29, 0.717) is 60.5 Å². The number of benzene rings is 3. The van der Waals surface area contributed by atoms with E-state index in [-0.39, 0.29) is 54.8 Å². The predicted molar refractivity (Wildman–Crippen MR) is 275 cm³/mol. The summed E-state index contributed by atoms with van der Waals surface area (Å²) in [5.74, 6) is -0.239. The molecule has 5 heterocycles. The maximum absolute atomic E-state index is 12.8. The maximum Gasteiger partial charge on any atom is 1.00 e. The van der Waals surface area contributed by atoms with Crippen LogP contribution in [0.4, 0.5) is 49.2 Å². The number of carbonyl (C=O) groups excluding carboxylic acids is 2. The molecule has 0 unspecified atom stereocenters. The third-order valence-corrected chi connectivity index (χ3v) is 14.3. The van der Waals surface area contributed by atoms with Gasteiger partial charge in [0.1, 0.15) is 23.1 Å². The second-order valence-electron chi connectivity index (χ2n) is 18.9. The van der Waals surface area contributed by atoms with Crippen molar-refractivity contribution >= 4 is 58.0 Å². The number of aromatic nitrogens is 1. The first kappa shape index (κ1) is 64.4. The molecule has 0 saturated carbocycles. The van der Waals surface area contributed by atoms with E-state index in [1.54, 1.807) is 18.2 Å². The van der Waals surface area contributed by atoms with Crippen LogP contribution in [0.3, 0.4) is 0 Å². The molecule has 412 valence electrons. The molecule has 4 aromatic rings. The van der Waals surface area contributed by atoms with Crippen LogP contribution < -0.4 is 62.1 Å². The largest absolute Gasteiger partial charge is 1.00 e. The van der Waals surface area contributed by atoms with Crippen LogP contribution >= 0.6 is 23.2 Å². The SMILES string of the molecule is N#Cc1ccc(NC2CCN(C(=O)CCCN3CCN(c4ccc(C(F)(F)F)cc4)CC3)CC2)nc1Cl.N#Cc1ccc(NC2CC[NH2+]CC2)cc1Cl.O=C([O-])CCCN1CCN(c2ccc(C(F)(F)F)cc2)CC1.[Cl-].[Li+]. The van der Waals surface area contributed by atoms with Gasteiger partial charge in [-0.2, -0.15) is 36.9 Å². The first-order valence-electron chi connectivity index (χ1n) is 25.3. The number of likely N-dealkylation sites (tertiary alicyclic amines) is 1. The number of rotatable bonds is 14. The Bertz CT molecular complexity index is 2550. The normalized spacial score (nSPS) is 16.7. The number of piperidine rings is 2. The molecule has 8 rings (SSSR count).